The Morgan fingerprint density at radius 3 is 2.75 bits per heavy atom. The van der Waals surface area contributed by atoms with Crippen LogP contribution in [0.15, 0.2) is 18.2 Å². The lowest BCUT2D eigenvalue weighted by Gasteiger charge is -2.22. The zero-order valence-electron chi connectivity index (χ0n) is 10.9. The number of hydrogen-bond acceptors (Lipinski definition) is 4. The molecule has 0 saturated carbocycles. The zero-order chi connectivity index (χ0) is 14.9. The number of carbonyl (C=O) groups is 2. The van der Waals surface area contributed by atoms with Gasteiger partial charge < -0.3 is 10.0 Å². The van der Waals surface area contributed by atoms with Gasteiger partial charge in [0.25, 0.3) is 11.6 Å². The number of benzene rings is 1. The summed E-state index contributed by atoms with van der Waals surface area (Å²) < 4.78 is 0. The van der Waals surface area contributed by atoms with Gasteiger partial charge in [0.15, 0.2) is 0 Å². The van der Waals surface area contributed by atoms with Gasteiger partial charge in [-0.3, -0.25) is 14.9 Å². The average Bonchev–Trinajstić information content (AvgIpc) is 2.87. The molecule has 1 unspecified atom stereocenters. The molecule has 1 aliphatic rings. The standard InChI is InChI=1S/C13H14N2O5/c1-8-4-5-9(15(19)20)7-10(8)12(16)14-6-2-3-11(14)13(17)18/h4-5,7,11H,2-3,6H2,1H3,(H,17,18). The predicted molar refractivity (Wildman–Crippen MR) is 69.5 cm³/mol. The number of amides is 1. The zero-order valence-corrected chi connectivity index (χ0v) is 10.9. The number of aliphatic carboxylic acids is 1. The topological polar surface area (TPSA) is 101 Å². The minimum atomic E-state index is -1.04. The third-order valence-electron chi connectivity index (χ3n) is 3.46. The van der Waals surface area contributed by atoms with Crippen LogP contribution >= 0.6 is 0 Å². The molecule has 0 spiro atoms. The molecule has 2 rings (SSSR count). The first-order valence-electron chi connectivity index (χ1n) is 6.20. The second-order valence-electron chi connectivity index (χ2n) is 4.75. The first-order valence-corrected chi connectivity index (χ1v) is 6.20. The number of carboxylic acids is 1. The number of nitro groups is 1. The molecule has 106 valence electrons. The van der Waals surface area contributed by atoms with Crippen molar-refractivity contribution < 1.29 is 19.6 Å². The Balaban J connectivity index is 2.35. The summed E-state index contributed by atoms with van der Waals surface area (Å²) in [7, 11) is 0. The number of non-ortho nitro benzene ring substituents is 1. The molecule has 0 radical (unpaired) electrons. The van der Waals surface area contributed by atoms with Gasteiger partial charge >= 0.3 is 5.97 Å². The maximum absolute atomic E-state index is 12.4. The second kappa shape index (κ2) is 5.28. The van der Waals surface area contributed by atoms with Crippen molar-refractivity contribution in [1.82, 2.24) is 4.90 Å². The van der Waals surface area contributed by atoms with Gasteiger partial charge in [0.05, 0.1) is 4.92 Å². The summed E-state index contributed by atoms with van der Waals surface area (Å²) in [5, 5.41) is 19.9. The Labute approximate surface area is 115 Å². The van der Waals surface area contributed by atoms with E-state index in [9.17, 15) is 19.7 Å². The number of nitrogens with zero attached hydrogens (tertiary/aromatic N) is 2. The molecule has 1 aliphatic heterocycles. The van der Waals surface area contributed by atoms with Crippen LogP contribution in [0.1, 0.15) is 28.8 Å². The number of carboxylic acid groups (broad SMARTS) is 1. The van der Waals surface area contributed by atoms with Crippen molar-refractivity contribution in [2.45, 2.75) is 25.8 Å². The predicted octanol–water partition coefficient (Wildman–Crippen LogP) is 1.59. The number of likely N-dealkylation sites (tertiary alicyclic amines) is 1. The van der Waals surface area contributed by atoms with Gasteiger partial charge in [-0.25, -0.2) is 4.79 Å². The van der Waals surface area contributed by atoms with E-state index >= 15 is 0 Å². The molecule has 1 aromatic carbocycles. The normalized spacial score (nSPS) is 18.1. The molecule has 7 nitrogen and oxygen atoms in total. The summed E-state index contributed by atoms with van der Waals surface area (Å²) in [5.41, 5.74) is 0.606. The van der Waals surface area contributed by atoms with E-state index in [1.807, 2.05) is 0 Å². The van der Waals surface area contributed by atoms with Gasteiger partial charge in [-0.05, 0) is 25.3 Å². The number of aryl methyl sites for hydroxylation is 1. The summed E-state index contributed by atoms with van der Waals surface area (Å²) in [4.78, 5) is 35.0. The molecule has 1 aromatic rings. The third kappa shape index (κ3) is 2.47. The first-order chi connectivity index (χ1) is 9.41. The lowest BCUT2D eigenvalue weighted by Crippen LogP contribution is -2.40. The van der Waals surface area contributed by atoms with Crippen molar-refractivity contribution in [3.8, 4) is 0 Å². The lowest BCUT2D eigenvalue weighted by atomic mass is 10.1. The van der Waals surface area contributed by atoms with Crippen molar-refractivity contribution in [2.75, 3.05) is 6.54 Å². The molecule has 0 aliphatic carbocycles. The summed E-state index contributed by atoms with van der Waals surface area (Å²) >= 11 is 0. The monoisotopic (exact) mass is 278 g/mol. The van der Waals surface area contributed by atoms with Crippen LogP contribution in [-0.4, -0.2) is 39.4 Å². The van der Waals surface area contributed by atoms with Crippen LogP contribution in [-0.2, 0) is 4.79 Å². The summed E-state index contributed by atoms with van der Waals surface area (Å²) in [6.07, 6.45) is 1.03. The molecule has 0 aromatic heterocycles. The number of hydrogen-bond donors (Lipinski definition) is 1. The highest BCUT2D eigenvalue weighted by molar-refractivity contribution is 5.98. The quantitative estimate of drug-likeness (QED) is 0.668. The number of rotatable bonds is 3. The molecule has 1 amide bonds. The average molecular weight is 278 g/mol. The SMILES string of the molecule is Cc1ccc([N+](=O)[O-])cc1C(=O)N1CCCC1C(=O)O. The maximum Gasteiger partial charge on any atom is 0.326 e. The first kappa shape index (κ1) is 14.0. The van der Waals surface area contributed by atoms with E-state index in [2.05, 4.69) is 0 Å². The highest BCUT2D eigenvalue weighted by Gasteiger charge is 2.35. The smallest absolute Gasteiger partial charge is 0.326 e. The van der Waals surface area contributed by atoms with Crippen LogP contribution in [0, 0.1) is 17.0 Å². The fourth-order valence-electron chi connectivity index (χ4n) is 2.38. The van der Waals surface area contributed by atoms with Crippen molar-refractivity contribution in [3.05, 3.63) is 39.4 Å². The molecule has 1 N–H and O–H groups in total. The van der Waals surface area contributed by atoms with Crippen molar-refractivity contribution in [3.63, 3.8) is 0 Å². The van der Waals surface area contributed by atoms with Crippen LogP contribution < -0.4 is 0 Å². The van der Waals surface area contributed by atoms with E-state index in [1.54, 1.807) is 6.92 Å². The molecule has 1 atom stereocenters. The summed E-state index contributed by atoms with van der Waals surface area (Å²) in [6.45, 7) is 2.03. The molecule has 1 fully saturated rings. The van der Waals surface area contributed by atoms with Gasteiger partial charge in [-0.15, -0.1) is 0 Å². The maximum atomic E-state index is 12.4. The van der Waals surface area contributed by atoms with Gasteiger partial charge in [-0.1, -0.05) is 6.07 Å². The Kier molecular flexibility index (Phi) is 3.69. The van der Waals surface area contributed by atoms with Crippen molar-refractivity contribution in [2.24, 2.45) is 0 Å². The van der Waals surface area contributed by atoms with Crippen LogP contribution in [0.2, 0.25) is 0 Å². The summed E-state index contributed by atoms with van der Waals surface area (Å²) in [6, 6.07) is 3.18. The van der Waals surface area contributed by atoms with Crippen LogP contribution in [0.3, 0.4) is 0 Å². The third-order valence-corrected chi connectivity index (χ3v) is 3.46. The van der Waals surface area contributed by atoms with E-state index in [0.717, 1.165) is 0 Å². The molecular formula is C13H14N2O5. The Morgan fingerprint density at radius 1 is 1.45 bits per heavy atom. The molecule has 1 heterocycles. The van der Waals surface area contributed by atoms with E-state index in [4.69, 9.17) is 5.11 Å². The fourth-order valence-corrected chi connectivity index (χ4v) is 2.38. The lowest BCUT2D eigenvalue weighted by molar-refractivity contribution is -0.384. The van der Waals surface area contributed by atoms with Crippen LogP contribution in [0.5, 0.6) is 0 Å². The molecule has 7 heteroatoms. The van der Waals surface area contributed by atoms with Crippen molar-refractivity contribution >= 4 is 17.6 Å². The van der Waals surface area contributed by atoms with E-state index < -0.39 is 22.8 Å². The Morgan fingerprint density at radius 2 is 2.15 bits per heavy atom. The Hall–Kier alpha value is -2.44. The van der Waals surface area contributed by atoms with Crippen LogP contribution in [0.4, 0.5) is 5.69 Å². The largest absolute Gasteiger partial charge is 0.480 e. The molecule has 0 bridgehead atoms. The van der Waals surface area contributed by atoms with Gasteiger partial charge in [0, 0.05) is 24.2 Å². The molecule has 20 heavy (non-hydrogen) atoms. The summed E-state index contributed by atoms with van der Waals surface area (Å²) in [5.74, 6) is -1.50. The highest BCUT2D eigenvalue weighted by Crippen LogP contribution is 2.24. The fraction of sp³-hybridized carbons (Fsp3) is 0.385. The van der Waals surface area contributed by atoms with Gasteiger partial charge in [0.2, 0.25) is 0 Å². The second-order valence-corrected chi connectivity index (χ2v) is 4.75. The Bertz CT molecular complexity index is 584. The van der Waals surface area contributed by atoms with Crippen molar-refractivity contribution in [1.29, 1.82) is 0 Å². The van der Waals surface area contributed by atoms with Crippen LogP contribution in [0.25, 0.3) is 0 Å². The van der Waals surface area contributed by atoms with E-state index in [0.29, 0.717) is 24.9 Å². The number of carbonyl (C=O) groups excluding carboxylic acids is 1. The van der Waals surface area contributed by atoms with Gasteiger partial charge in [0.1, 0.15) is 6.04 Å². The van der Waals surface area contributed by atoms with Gasteiger partial charge in [-0.2, -0.15) is 0 Å². The van der Waals surface area contributed by atoms with E-state index in [-0.39, 0.29) is 11.3 Å². The molecule has 1 saturated heterocycles. The number of nitro benzene ring substituents is 1. The molecular weight excluding hydrogens is 264 g/mol. The minimum Gasteiger partial charge on any atom is -0.480 e. The van der Waals surface area contributed by atoms with E-state index in [1.165, 1.54) is 23.1 Å². The minimum absolute atomic E-state index is 0.176. The highest BCUT2D eigenvalue weighted by atomic mass is 16.6.